The molecule has 0 aromatic heterocycles. The number of hydrogen-bond acceptors (Lipinski definition) is 3. The van der Waals surface area contributed by atoms with E-state index in [1.54, 1.807) is 0 Å². The highest BCUT2D eigenvalue weighted by molar-refractivity contribution is 9.10. The summed E-state index contributed by atoms with van der Waals surface area (Å²) in [5, 5.41) is 12.2. The van der Waals surface area contributed by atoms with E-state index in [2.05, 4.69) is 21.1 Å². The molecule has 0 saturated carbocycles. The molecule has 0 aliphatic rings. The molecule has 0 heterocycles. The van der Waals surface area contributed by atoms with Crippen LogP contribution in [0.1, 0.15) is 18.9 Å². The van der Waals surface area contributed by atoms with Gasteiger partial charge in [-0.3, -0.25) is 0 Å². The van der Waals surface area contributed by atoms with Gasteiger partial charge in [-0.15, -0.1) is 0 Å². The smallest absolute Gasteiger partial charge is 0.344 e. The Morgan fingerprint density at radius 1 is 1.44 bits per heavy atom. The maximum Gasteiger partial charge on any atom is 0.344 e. The molecule has 4 nitrogen and oxygen atoms in total. The van der Waals surface area contributed by atoms with Gasteiger partial charge in [0.1, 0.15) is 0 Å². The third kappa shape index (κ3) is 4.02. The zero-order valence-electron chi connectivity index (χ0n) is 8.81. The van der Waals surface area contributed by atoms with E-state index in [1.807, 2.05) is 31.2 Å². The Kier molecular flexibility index (Phi) is 4.98. The summed E-state index contributed by atoms with van der Waals surface area (Å²) in [5.41, 5.74) is 1.66. The van der Waals surface area contributed by atoms with E-state index in [9.17, 15) is 4.79 Å². The van der Waals surface area contributed by atoms with Crippen molar-refractivity contribution in [2.24, 2.45) is 5.16 Å². The second-order valence-electron chi connectivity index (χ2n) is 3.07. The van der Waals surface area contributed by atoms with Crippen molar-refractivity contribution >= 4 is 27.6 Å². The zero-order chi connectivity index (χ0) is 12.0. The molecule has 0 bridgehead atoms. The second-order valence-corrected chi connectivity index (χ2v) is 3.98. The normalized spacial score (nSPS) is 11.2. The van der Waals surface area contributed by atoms with E-state index >= 15 is 0 Å². The largest absolute Gasteiger partial charge is 0.479 e. The van der Waals surface area contributed by atoms with Gasteiger partial charge in [-0.25, -0.2) is 4.79 Å². The SMILES string of the molecule is CCC(=NOCC(=O)O)c1ccc(Br)cc1. The number of nitrogens with zero attached hydrogens (tertiary/aromatic N) is 1. The Bertz CT molecular complexity index is 387. The lowest BCUT2D eigenvalue weighted by atomic mass is 10.1. The van der Waals surface area contributed by atoms with Gasteiger partial charge in [-0.1, -0.05) is 40.1 Å². The minimum Gasteiger partial charge on any atom is -0.479 e. The number of aliphatic carboxylic acids is 1. The van der Waals surface area contributed by atoms with Crippen molar-refractivity contribution in [1.82, 2.24) is 0 Å². The van der Waals surface area contributed by atoms with Crippen LogP contribution in [-0.4, -0.2) is 23.4 Å². The van der Waals surface area contributed by atoms with E-state index in [0.717, 1.165) is 15.7 Å². The summed E-state index contributed by atoms with van der Waals surface area (Å²) in [6, 6.07) is 7.60. The first-order valence-electron chi connectivity index (χ1n) is 4.80. The fourth-order valence-electron chi connectivity index (χ4n) is 1.13. The van der Waals surface area contributed by atoms with Gasteiger partial charge in [0.05, 0.1) is 5.71 Å². The second kappa shape index (κ2) is 6.27. The zero-order valence-corrected chi connectivity index (χ0v) is 10.4. The molecule has 0 saturated heterocycles. The molecule has 86 valence electrons. The monoisotopic (exact) mass is 285 g/mol. The number of benzene rings is 1. The fraction of sp³-hybridized carbons (Fsp3) is 0.273. The highest BCUT2D eigenvalue weighted by Gasteiger charge is 2.02. The number of carboxylic acids is 1. The molecule has 0 amide bonds. The molecular formula is C11H12BrNO3. The molecule has 0 unspecified atom stereocenters. The first-order chi connectivity index (χ1) is 7.63. The lowest BCUT2D eigenvalue weighted by Gasteiger charge is -2.03. The van der Waals surface area contributed by atoms with Crippen molar-refractivity contribution in [1.29, 1.82) is 0 Å². The number of carboxylic acid groups (broad SMARTS) is 1. The van der Waals surface area contributed by atoms with Crippen molar-refractivity contribution in [3.63, 3.8) is 0 Å². The molecule has 0 fully saturated rings. The van der Waals surface area contributed by atoms with Crippen molar-refractivity contribution in [3.05, 3.63) is 34.3 Å². The topological polar surface area (TPSA) is 58.9 Å². The van der Waals surface area contributed by atoms with Crippen molar-refractivity contribution in [2.75, 3.05) is 6.61 Å². The summed E-state index contributed by atoms with van der Waals surface area (Å²) in [6.07, 6.45) is 0.682. The molecule has 0 spiro atoms. The van der Waals surface area contributed by atoms with Gasteiger partial charge in [0.2, 0.25) is 6.61 Å². The van der Waals surface area contributed by atoms with E-state index in [4.69, 9.17) is 9.94 Å². The predicted octanol–water partition coefficient (Wildman–Crippen LogP) is 2.66. The van der Waals surface area contributed by atoms with Crippen molar-refractivity contribution < 1.29 is 14.7 Å². The molecule has 1 aromatic carbocycles. The average Bonchev–Trinajstić information content (AvgIpc) is 2.26. The van der Waals surface area contributed by atoms with E-state index < -0.39 is 12.6 Å². The lowest BCUT2D eigenvalue weighted by molar-refractivity contribution is -0.142. The van der Waals surface area contributed by atoms with Crippen LogP contribution in [0.2, 0.25) is 0 Å². The summed E-state index contributed by atoms with van der Waals surface area (Å²) in [4.78, 5) is 15.0. The molecule has 0 radical (unpaired) electrons. The van der Waals surface area contributed by atoms with Crippen LogP contribution in [0.15, 0.2) is 33.9 Å². The van der Waals surface area contributed by atoms with Gasteiger partial charge in [-0.05, 0) is 24.1 Å². The van der Waals surface area contributed by atoms with E-state index in [-0.39, 0.29) is 0 Å². The lowest BCUT2D eigenvalue weighted by Crippen LogP contribution is -2.06. The standard InChI is InChI=1S/C11H12BrNO3/c1-2-10(13-16-7-11(14)15)8-3-5-9(12)6-4-8/h3-6H,2,7H2,1H3,(H,14,15). The van der Waals surface area contributed by atoms with Gasteiger partial charge >= 0.3 is 5.97 Å². The highest BCUT2D eigenvalue weighted by Crippen LogP contribution is 2.12. The summed E-state index contributed by atoms with van der Waals surface area (Å²) >= 11 is 3.34. The summed E-state index contributed by atoms with van der Waals surface area (Å²) in [7, 11) is 0. The highest BCUT2D eigenvalue weighted by atomic mass is 79.9. The molecule has 1 N–H and O–H groups in total. The van der Waals surface area contributed by atoms with Gasteiger partial charge in [0.15, 0.2) is 0 Å². The first-order valence-corrected chi connectivity index (χ1v) is 5.59. The Morgan fingerprint density at radius 3 is 2.56 bits per heavy atom. The Morgan fingerprint density at radius 2 is 2.06 bits per heavy atom. The number of hydrogen-bond donors (Lipinski definition) is 1. The minimum absolute atomic E-state index is 0.417. The Hall–Kier alpha value is -1.36. The third-order valence-electron chi connectivity index (χ3n) is 1.88. The Balaban J connectivity index is 2.73. The fourth-order valence-corrected chi connectivity index (χ4v) is 1.39. The Labute approximate surface area is 102 Å². The van der Waals surface area contributed by atoms with Crippen molar-refractivity contribution in [3.8, 4) is 0 Å². The van der Waals surface area contributed by atoms with Crippen LogP contribution in [0.25, 0.3) is 0 Å². The summed E-state index contributed by atoms with van der Waals surface area (Å²) in [5.74, 6) is -1.03. The van der Waals surface area contributed by atoms with E-state index in [0.29, 0.717) is 6.42 Å². The molecule has 0 aliphatic heterocycles. The quantitative estimate of drug-likeness (QED) is 0.668. The molecule has 0 aliphatic carbocycles. The van der Waals surface area contributed by atoms with E-state index in [1.165, 1.54) is 0 Å². The van der Waals surface area contributed by atoms with Crippen LogP contribution in [-0.2, 0) is 9.63 Å². The summed E-state index contributed by atoms with van der Waals surface area (Å²) in [6.45, 7) is 1.52. The maximum atomic E-state index is 10.2. The van der Waals surface area contributed by atoms with Crippen LogP contribution in [0.5, 0.6) is 0 Å². The van der Waals surface area contributed by atoms with Gasteiger partial charge in [-0.2, -0.15) is 0 Å². The minimum atomic E-state index is -1.03. The first kappa shape index (κ1) is 12.7. The molecule has 1 aromatic rings. The predicted molar refractivity (Wildman–Crippen MR) is 64.6 cm³/mol. The van der Waals surface area contributed by atoms with Crippen LogP contribution in [0.3, 0.4) is 0 Å². The van der Waals surface area contributed by atoms with Crippen molar-refractivity contribution in [2.45, 2.75) is 13.3 Å². The molecule has 1 rings (SSSR count). The molecule has 5 heteroatoms. The van der Waals surface area contributed by atoms with Crippen LogP contribution >= 0.6 is 15.9 Å². The van der Waals surface area contributed by atoms with Crippen LogP contribution < -0.4 is 0 Å². The molecule has 16 heavy (non-hydrogen) atoms. The van der Waals surface area contributed by atoms with Crippen LogP contribution in [0.4, 0.5) is 0 Å². The van der Waals surface area contributed by atoms with Crippen LogP contribution in [0, 0.1) is 0 Å². The number of rotatable bonds is 5. The van der Waals surface area contributed by atoms with Gasteiger partial charge in [0.25, 0.3) is 0 Å². The number of oxime groups is 1. The van der Waals surface area contributed by atoms with Gasteiger partial charge < -0.3 is 9.94 Å². The third-order valence-corrected chi connectivity index (χ3v) is 2.40. The number of halogens is 1. The molecule has 0 atom stereocenters. The number of carbonyl (C=O) groups is 1. The van der Waals surface area contributed by atoms with Gasteiger partial charge in [0, 0.05) is 4.47 Å². The summed E-state index contributed by atoms with van der Waals surface area (Å²) < 4.78 is 0.984. The average molecular weight is 286 g/mol. The molecular weight excluding hydrogens is 274 g/mol. The maximum absolute atomic E-state index is 10.2.